The highest BCUT2D eigenvalue weighted by Crippen LogP contribution is 2.34. The minimum absolute atomic E-state index is 0.0411. The molecular formula is C39H50FN5O4. The second kappa shape index (κ2) is 15.3. The molecule has 6 rings (SSSR count). The SMILES string of the molecule is COc1cc(-c2cn(C)c(=O)c(C)c2C)cc(F)c1CN1CCC(CCN2CCC(c3ccc(NC4CCC(=O)NC4=O)cc3)CC2)CC1. The number of likely N-dealkylation sites (tertiary alicyclic amines) is 2. The van der Waals surface area contributed by atoms with E-state index in [1.54, 1.807) is 31.0 Å². The topological polar surface area (TPSA) is 95.9 Å². The summed E-state index contributed by atoms with van der Waals surface area (Å²) in [6, 6.07) is 11.6. The minimum Gasteiger partial charge on any atom is -0.496 e. The number of anilines is 1. The fourth-order valence-electron chi connectivity index (χ4n) is 7.77. The molecular weight excluding hydrogens is 621 g/mol. The molecule has 2 N–H and O–H groups in total. The lowest BCUT2D eigenvalue weighted by molar-refractivity contribution is -0.133. The van der Waals surface area contributed by atoms with Crippen LogP contribution in [0.5, 0.6) is 5.75 Å². The van der Waals surface area contributed by atoms with E-state index < -0.39 is 0 Å². The van der Waals surface area contributed by atoms with Gasteiger partial charge in [-0.25, -0.2) is 4.39 Å². The maximum absolute atomic E-state index is 15.6. The van der Waals surface area contributed by atoms with Crippen LogP contribution < -0.4 is 20.9 Å². The first-order valence-corrected chi connectivity index (χ1v) is 17.8. The Hall–Kier alpha value is -4.02. The summed E-state index contributed by atoms with van der Waals surface area (Å²) in [6.07, 6.45) is 8.39. The monoisotopic (exact) mass is 671 g/mol. The maximum Gasteiger partial charge on any atom is 0.253 e. The Morgan fingerprint density at radius 3 is 2.29 bits per heavy atom. The van der Waals surface area contributed by atoms with Crippen LogP contribution in [0.3, 0.4) is 0 Å². The normalized spacial score (nSPS) is 20.0. The lowest BCUT2D eigenvalue weighted by atomic mass is 9.88. The summed E-state index contributed by atoms with van der Waals surface area (Å²) in [5.74, 6) is 1.06. The predicted molar refractivity (Wildman–Crippen MR) is 190 cm³/mol. The van der Waals surface area contributed by atoms with E-state index in [0.29, 0.717) is 53.7 Å². The van der Waals surface area contributed by atoms with Gasteiger partial charge in [-0.3, -0.25) is 24.6 Å². The lowest BCUT2D eigenvalue weighted by Gasteiger charge is -2.35. The van der Waals surface area contributed by atoms with Crippen molar-refractivity contribution in [1.82, 2.24) is 19.7 Å². The van der Waals surface area contributed by atoms with Crippen molar-refractivity contribution in [3.05, 3.63) is 81.0 Å². The molecule has 3 saturated heterocycles. The number of hydrogen-bond acceptors (Lipinski definition) is 7. The van der Waals surface area contributed by atoms with Gasteiger partial charge >= 0.3 is 0 Å². The Morgan fingerprint density at radius 2 is 1.61 bits per heavy atom. The molecule has 0 aliphatic carbocycles. The van der Waals surface area contributed by atoms with Crippen molar-refractivity contribution in [2.75, 3.05) is 45.2 Å². The Labute approximate surface area is 288 Å². The molecule has 4 heterocycles. The largest absolute Gasteiger partial charge is 0.496 e. The van der Waals surface area contributed by atoms with Gasteiger partial charge in [0.15, 0.2) is 0 Å². The van der Waals surface area contributed by atoms with Gasteiger partial charge in [0.2, 0.25) is 11.8 Å². The number of rotatable bonds is 10. The van der Waals surface area contributed by atoms with Crippen molar-refractivity contribution < 1.29 is 18.7 Å². The van der Waals surface area contributed by atoms with Gasteiger partial charge < -0.3 is 19.5 Å². The first-order chi connectivity index (χ1) is 23.6. The van der Waals surface area contributed by atoms with E-state index in [1.807, 2.05) is 19.9 Å². The maximum atomic E-state index is 15.6. The van der Waals surface area contributed by atoms with E-state index in [2.05, 4.69) is 44.7 Å². The number of pyridine rings is 1. The van der Waals surface area contributed by atoms with E-state index in [9.17, 15) is 14.4 Å². The third-order valence-corrected chi connectivity index (χ3v) is 11.1. The number of benzene rings is 2. The smallest absolute Gasteiger partial charge is 0.253 e. The second-order valence-corrected chi connectivity index (χ2v) is 14.2. The second-order valence-electron chi connectivity index (χ2n) is 14.2. The van der Waals surface area contributed by atoms with Crippen LogP contribution in [-0.2, 0) is 23.2 Å². The van der Waals surface area contributed by atoms with E-state index in [1.165, 1.54) is 12.0 Å². The van der Waals surface area contributed by atoms with E-state index in [4.69, 9.17) is 4.74 Å². The van der Waals surface area contributed by atoms with Gasteiger partial charge in [0.25, 0.3) is 5.56 Å². The highest BCUT2D eigenvalue weighted by atomic mass is 19.1. The number of methoxy groups -OCH3 is 1. The summed E-state index contributed by atoms with van der Waals surface area (Å²) < 4.78 is 22.9. The number of amides is 2. The summed E-state index contributed by atoms with van der Waals surface area (Å²) in [5, 5.41) is 5.67. The zero-order valence-corrected chi connectivity index (χ0v) is 29.3. The summed E-state index contributed by atoms with van der Waals surface area (Å²) >= 11 is 0. The molecule has 262 valence electrons. The number of carbonyl (C=O) groups excluding carboxylic acids is 2. The Kier molecular flexibility index (Phi) is 10.8. The molecule has 0 spiro atoms. The standard InChI is InChI=1S/C39H50FN5O4/c1-25-26(2)39(48)43(3)23-32(25)30-21-34(40)33(36(22-30)49-4)24-45-17-12-27(13-18-45)11-16-44-19-14-29(15-20-44)28-5-7-31(8-6-28)41-35-9-10-37(46)42-38(35)47/h5-8,21-23,27,29,35,41H,9-20,24H2,1-4H3,(H,42,46,47). The number of piperidine rings is 3. The Balaban J connectivity index is 0.944. The molecule has 3 aliphatic heterocycles. The number of hydrogen-bond donors (Lipinski definition) is 2. The van der Waals surface area contributed by atoms with E-state index in [0.717, 1.165) is 75.2 Å². The number of ether oxygens (including phenoxy) is 1. The fourth-order valence-corrected chi connectivity index (χ4v) is 7.77. The molecule has 1 aromatic heterocycles. The molecule has 0 saturated carbocycles. The fraction of sp³-hybridized carbons (Fsp3) is 0.513. The van der Waals surface area contributed by atoms with Crippen molar-refractivity contribution >= 4 is 17.5 Å². The number of nitrogens with zero attached hydrogens (tertiary/aromatic N) is 3. The van der Waals surface area contributed by atoms with Gasteiger partial charge in [-0.15, -0.1) is 0 Å². The molecule has 1 unspecified atom stereocenters. The zero-order valence-electron chi connectivity index (χ0n) is 29.3. The Bertz CT molecular complexity index is 1720. The van der Waals surface area contributed by atoms with Crippen molar-refractivity contribution in [2.45, 2.75) is 77.3 Å². The molecule has 3 aliphatic rings. The third kappa shape index (κ3) is 8.07. The van der Waals surface area contributed by atoms with Gasteiger partial charge in [0, 0.05) is 48.6 Å². The number of aromatic nitrogens is 1. The van der Waals surface area contributed by atoms with E-state index in [-0.39, 0.29) is 29.2 Å². The first kappa shape index (κ1) is 34.8. The summed E-state index contributed by atoms with van der Waals surface area (Å²) in [6.45, 7) is 9.47. The Morgan fingerprint density at radius 1 is 0.918 bits per heavy atom. The highest BCUT2D eigenvalue weighted by molar-refractivity contribution is 6.01. The van der Waals surface area contributed by atoms with Gasteiger partial charge in [-0.1, -0.05) is 12.1 Å². The van der Waals surface area contributed by atoms with Crippen LogP contribution in [0.1, 0.15) is 73.1 Å². The number of imide groups is 1. The molecule has 0 radical (unpaired) electrons. The minimum atomic E-state index is -0.364. The predicted octanol–water partition coefficient (Wildman–Crippen LogP) is 5.52. The van der Waals surface area contributed by atoms with Gasteiger partial charge in [0.05, 0.1) is 7.11 Å². The summed E-state index contributed by atoms with van der Waals surface area (Å²) in [4.78, 5) is 40.8. The molecule has 10 heteroatoms. The summed E-state index contributed by atoms with van der Waals surface area (Å²) in [5.41, 5.74) is 5.89. The average molecular weight is 672 g/mol. The van der Waals surface area contributed by atoms with Crippen molar-refractivity contribution in [3.63, 3.8) is 0 Å². The molecule has 2 amide bonds. The van der Waals surface area contributed by atoms with Crippen molar-refractivity contribution in [2.24, 2.45) is 13.0 Å². The van der Waals surface area contributed by atoms with Gasteiger partial charge in [0.1, 0.15) is 17.6 Å². The quantitative estimate of drug-likeness (QED) is 0.275. The van der Waals surface area contributed by atoms with Crippen LogP contribution in [0.25, 0.3) is 11.1 Å². The molecule has 2 aromatic carbocycles. The van der Waals surface area contributed by atoms with Crippen LogP contribution >= 0.6 is 0 Å². The number of nitrogens with one attached hydrogen (secondary N) is 2. The molecule has 9 nitrogen and oxygen atoms in total. The van der Waals surface area contributed by atoms with Crippen LogP contribution in [-0.4, -0.2) is 72.1 Å². The van der Waals surface area contributed by atoms with Crippen LogP contribution in [0.4, 0.5) is 10.1 Å². The lowest BCUT2D eigenvalue weighted by Crippen LogP contribution is -2.47. The van der Waals surface area contributed by atoms with Gasteiger partial charge in [-0.2, -0.15) is 0 Å². The zero-order chi connectivity index (χ0) is 34.7. The highest BCUT2D eigenvalue weighted by Gasteiger charge is 2.27. The van der Waals surface area contributed by atoms with Crippen LogP contribution in [0.2, 0.25) is 0 Å². The number of halogens is 1. The average Bonchev–Trinajstić information content (AvgIpc) is 3.11. The number of carbonyl (C=O) groups is 2. The van der Waals surface area contributed by atoms with E-state index >= 15 is 4.39 Å². The molecule has 49 heavy (non-hydrogen) atoms. The van der Waals surface area contributed by atoms with Crippen LogP contribution in [0.15, 0.2) is 47.4 Å². The molecule has 1 atom stereocenters. The van der Waals surface area contributed by atoms with Crippen molar-refractivity contribution in [1.29, 1.82) is 0 Å². The third-order valence-electron chi connectivity index (χ3n) is 11.1. The van der Waals surface area contributed by atoms with Gasteiger partial charge in [-0.05, 0) is 138 Å². The summed E-state index contributed by atoms with van der Waals surface area (Å²) in [7, 11) is 3.32. The molecule has 3 fully saturated rings. The molecule has 3 aromatic rings. The number of aryl methyl sites for hydroxylation is 1. The first-order valence-electron chi connectivity index (χ1n) is 17.8. The van der Waals surface area contributed by atoms with Crippen LogP contribution in [0, 0.1) is 25.6 Å². The molecule has 0 bridgehead atoms. The van der Waals surface area contributed by atoms with Crippen molar-refractivity contribution in [3.8, 4) is 16.9 Å².